The number of benzene rings is 7. The molecule has 0 radical (unpaired) electrons. The van der Waals surface area contributed by atoms with Crippen LogP contribution in [0.25, 0.3) is 42.8 Å². The summed E-state index contributed by atoms with van der Waals surface area (Å²) in [4.78, 5) is 10.2. The number of allylic oxidation sites excluding steroid dienone is 9. The monoisotopic (exact) mass is 910 g/mol. The summed E-state index contributed by atoms with van der Waals surface area (Å²) in [6.45, 7) is 0. The maximum absolute atomic E-state index is 2.43. The molecule has 2 heterocycles. The van der Waals surface area contributed by atoms with Gasteiger partial charge in [0.1, 0.15) is 0 Å². The molecule has 9 aromatic rings. The van der Waals surface area contributed by atoms with Crippen molar-refractivity contribution in [3.8, 4) is 32.0 Å². The fourth-order valence-corrected chi connectivity index (χ4v) is 12.6. The van der Waals surface area contributed by atoms with Gasteiger partial charge >= 0.3 is 0 Å². The molecule has 0 fully saturated rings. The Kier molecular flexibility index (Phi) is 11.5. The number of anilines is 5. The summed E-state index contributed by atoms with van der Waals surface area (Å²) in [5.74, 6) is 1.92. The van der Waals surface area contributed by atoms with Gasteiger partial charge < -0.3 is 9.80 Å². The van der Waals surface area contributed by atoms with Crippen molar-refractivity contribution in [3.05, 3.63) is 270 Å². The first-order valence-electron chi connectivity index (χ1n) is 23.8. The molecule has 2 aromatic heterocycles. The van der Waals surface area contributed by atoms with Crippen molar-refractivity contribution in [2.45, 2.75) is 24.7 Å². The fourth-order valence-electron chi connectivity index (χ4n) is 10.3. The third kappa shape index (κ3) is 8.32. The van der Waals surface area contributed by atoms with Crippen LogP contribution < -0.4 is 9.80 Å². The quantitative estimate of drug-likeness (QED) is 0.119. The van der Waals surface area contributed by atoms with Gasteiger partial charge in [0.15, 0.2) is 0 Å². The summed E-state index contributed by atoms with van der Waals surface area (Å²) in [6.07, 6.45) is 23.2. The lowest BCUT2D eigenvalue weighted by Crippen LogP contribution is -2.21. The summed E-state index contributed by atoms with van der Waals surface area (Å²) in [6, 6.07) is 73.1. The van der Waals surface area contributed by atoms with E-state index < -0.39 is 0 Å². The average molecular weight is 911 g/mol. The third-order valence-electron chi connectivity index (χ3n) is 13.8. The second-order valence-electron chi connectivity index (χ2n) is 17.9. The first-order valence-corrected chi connectivity index (χ1v) is 25.4. The molecule has 0 saturated carbocycles. The molecule has 3 aliphatic carbocycles. The number of fused-ring (bicyclic) bond motifs is 2. The number of para-hydroxylation sites is 2. The Bertz CT molecular complexity index is 3350. The van der Waals surface area contributed by atoms with Gasteiger partial charge in [0.25, 0.3) is 0 Å². The molecule has 4 heteroatoms. The van der Waals surface area contributed by atoms with Gasteiger partial charge in [-0.3, -0.25) is 0 Å². The third-order valence-corrected chi connectivity index (χ3v) is 16.3. The van der Waals surface area contributed by atoms with Gasteiger partial charge in [-0.2, -0.15) is 0 Å². The lowest BCUT2D eigenvalue weighted by atomic mass is 9.73. The summed E-state index contributed by atoms with van der Waals surface area (Å²) in [7, 11) is 0. The van der Waals surface area contributed by atoms with Gasteiger partial charge in [0.05, 0.1) is 0 Å². The minimum atomic E-state index is 0.345. The van der Waals surface area contributed by atoms with Crippen molar-refractivity contribution in [2.75, 3.05) is 9.80 Å². The molecule has 68 heavy (non-hydrogen) atoms. The molecule has 4 unspecified atom stereocenters. The van der Waals surface area contributed by atoms with Gasteiger partial charge in [-0.15, -0.1) is 22.7 Å². The van der Waals surface area contributed by atoms with E-state index in [2.05, 4.69) is 265 Å². The first-order chi connectivity index (χ1) is 33.7. The second kappa shape index (κ2) is 18.6. The van der Waals surface area contributed by atoms with Gasteiger partial charge in [0, 0.05) is 65.5 Å². The van der Waals surface area contributed by atoms with Crippen molar-refractivity contribution in [2.24, 2.45) is 11.8 Å². The fraction of sp³-hybridized carbons (Fsp3) is 0.0938. The van der Waals surface area contributed by atoms with Crippen LogP contribution in [-0.4, -0.2) is 0 Å². The highest BCUT2D eigenvalue weighted by Crippen LogP contribution is 2.46. The van der Waals surface area contributed by atoms with E-state index in [0.717, 1.165) is 41.3 Å². The molecule has 0 bridgehead atoms. The predicted molar refractivity (Wildman–Crippen MR) is 292 cm³/mol. The number of hydrogen-bond acceptors (Lipinski definition) is 4. The van der Waals surface area contributed by atoms with Crippen LogP contribution in [0.1, 0.15) is 34.4 Å². The maximum atomic E-state index is 2.43. The van der Waals surface area contributed by atoms with Crippen LogP contribution in [-0.2, 0) is 0 Å². The van der Waals surface area contributed by atoms with Gasteiger partial charge in [-0.1, -0.05) is 164 Å². The Morgan fingerprint density at radius 1 is 0.412 bits per heavy atom. The van der Waals surface area contributed by atoms with Gasteiger partial charge in [0.2, 0.25) is 0 Å². The Morgan fingerprint density at radius 2 is 0.985 bits per heavy atom. The number of nitrogens with zero attached hydrogens (tertiary/aromatic N) is 2. The highest BCUT2D eigenvalue weighted by Gasteiger charge is 2.30. The number of hydrogen-bond donors (Lipinski definition) is 0. The summed E-state index contributed by atoms with van der Waals surface area (Å²) in [5, 5.41) is 2.59. The highest BCUT2D eigenvalue weighted by atomic mass is 32.1. The molecular formula is C64H50N2S2. The number of thiophene rings is 2. The molecule has 0 N–H and O–H groups in total. The van der Waals surface area contributed by atoms with Crippen LogP contribution in [0.15, 0.2) is 261 Å². The molecule has 0 saturated heterocycles. The average Bonchev–Trinajstić information content (AvgIpc) is 4.12. The molecular weight excluding hydrogens is 861 g/mol. The summed E-state index contributed by atoms with van der Waals surface area (Å²) < 4.78 is 0. The zero-order chi connectivity index (χ0) is 45.2. The topological polar surface area (TPSA) is 6.48 Å². The van der Waals surface area contributed by atoms with Crippen LogP contribution in [0.3, 0.4) is 0 Å². The van der Waals surface area contributed by atoms with Crippen molar-refractivity contribution >= 4 is 61.9 Å². The van der Waals surface area contributed by atoms with Crippen LogP contribution in [0.2, 0.25) is 0 Å². The van der Waals surface area contributed by atoms with E-state index in [4.69, 9.17) is 0 Å². The SMILES string of the molecule is C1=CC2CC=CC(c3ccc(-c4ccc(N(c5ccccc5)c5ccc(-c6ccc(N(C7=CCC(c8ccc(-c9cccc%10ccccc9%10)s8)C=C7)c7ccccc7)cc6)cc5)cc4)s3)C2C=C1. The molecule has 4 atom stereocenters. The highest BCUT2D eigenvalue weighted by molar-refractivity contribution is 7.16. The van der Waals surface area contributed by atoms with E-state index in [-0.39, 0.29) is 0 Å². The normalized spacial score (nSPS) is 18.3. The molecule has 0 spiro atoms. The predicted octanol–water partition coefficient (Wildman–Crippen LogP) is 18.6. The molecule has 2 nitrogen and oxygen atoms in total. The Labute approximate surface area is 408 Å². The molecule has 0 amide bonds. The lowest BCUT2D eigenvalue weighted by molar-refractivity contribution is 0.420. The zero-order valence-corrected chi connectivity index (χ0v) is 39.3. The van der Waals surface area contributed by atoms with Crippen LogP contribution in [0.5, 0.6) is 0 Å². The van der Waals surface area contributed by atoms with Crippen molar-refractivity contribution < 1.29 is 0 Å². The van der Waals surface area contributed by atoms with E-state index in [9.17, 15) is 0 Å². The summed E-state index contributed by atoms with van der Waals surface area (Å²) in [5.41, 5.74) is 11.8. The van der Waals surface area contributed by atoms with Gasteiger partial charge in [-0.05, 0) is 149 Å². The van der Waals surface area contributed by atoms with E-state index in [1.165, 1.54) is 58.2 Å². The van der Waals surface area contributed by atoms with Crippen LogP contribution >= 0.6 is 22.7 Å². The first kappa shape index (κ1) is 41.9. The minimum Gasteiger partial charge on any atom is -0.311 e. The van der Waals surface area contributed by atoms with E-state index in [1.54, 1.807) is 0 Å². The molecule has 0 aliphatic heterocycles. The van der Waals surface area contributed by atoms with Gasteiger partial charge in [-0.25, -0.2) is 0 Å². The standard InChI is InChI=1S/C64H50N2S2/c1-3-17-51(18-4-1)65(55-37-29-49(30-38-55)61-41-43-63(67-61)59-23-11-15-47-13-7-9-21-57(47)59)53-33-25-45(26-34-53)46-27-35-54(36-28-46)66(52-19-5-2-6-20-52)56-39-31-50(32-40-56)62-42-44-64(68-62)60-24-12-16-48-14-8-10-22-58(48)60/h1-15,17-29,31-44,48-49,58,60H,16,30H2. The molecule has 3 aliphatic rings. The van der Waals surface area contributed by atoms with E-state index in [0.29, 0.717) is 23.7 Å². The van der Waals surface area contributed by atoms with Crippen LogP contribution in [0, 0.1) is 11.8 Å². The van der Waals surface area contributed by atoms with E-state index in [1.807, 2.05) is 22.7 Å². The molecule has 12 rings (SSSR count). The second-order valence-corrected chi connectivity index (χ2v) is 20.2. The largest absolute Gasteiger partial charge is 0.311 e. The zero-order valence-electron chi connectivity index (χ0n) is 37.7. The van der Waals surface area contributed by atoms with Crippen molar-refractivity contribution in [1.82, 2.24) is 0 Å². The van der Waals surface area contributed by atoms with Crippen molar-refractivity contribution in [3.63, 3.8) is 0 Å². The Balaban J connectivity index is 0.769. The van der Waals surface area contributed by atoms with Crippen molar-refractivity contribution in [1.29, 1.82) is 0 Å². The minimum absolute atomic E-state index is 0.345. The van der Waals surface area contributed by atoms with E-state index >= 15 is 0 Å². The maximum Gasteiger partial charge on any atom is 0.0462 e. The Morgan fingerprint density at radius 3 is 1.69 bits per heavy atom. The summed E-state index contributed by atoms with van der Waals surface area (Å²) >= 11 is 3.85. The lowest BCUT2D eigenvalue weighted by Gasteiger charge is -2.32. The Hall–Kier alpha value is -7.50. The molecule has 7 aromatic carbocycles. The van der Waals surface area contributed by atoms with Crippen LogP contribution in [0.4, 0.5) is 28.4 Å². The smallest absolute Gasteiger partial charge is 0.0462 e. The number of rotatable bonds is 11. The molecule has 328 valence electrons.